The van der Waals surface area contributed by atoms with Gasteiger partial charge in [-0.2, -0.15) is 0 Å². The summed E-state index contributed by atoms with van der Waals surface area (Å²) < 4.78 is 81.1. The molecular formula is C12H16F5NO3Si. The molecule has 1 aromatic rings. The molecule has 0 fully saturated rings. The van der Waals surface area contributed by atoms with Crippen LogP contribution in [0.25, 0.3) is 0 Å². The van der Waals surface area contributed by atoms with Crippen LogP contribution in [-0.2, 0) is 13.3 Å². The molecule has 0 radical (unpaired) electrons. The minimum absolute atomic E-state index is 0.0524. The summed E-state index contributed by atoms with van der Waals surface area (Å²) in [5.41, 5.74) is -1.06. The molecule has 126 valence electrons. The van der Waals surface area contributed by atoms with Crippen LogP contribution in [0, 0.1) is 29.1 Å². The molecule has 0 saturated carbocycles. The maximum Gasteiger partial charge on any atom is 0.500 e. The molecule has 1 rings (SSSR count). The minimum atomic E-state index is -2.85. The first-order valence-corrected chi connectivity index (χ1v) is 8.17. The van der Waals surface area contributed by atoms with E-state index >= 15 is 0 Å². The molecule has 0 saturated heterocycles. The molecule has 0 spiro atoms. The lowest BCUT2D eigenvalue weighted by Crippen LogP contribution is -2.42. The molecule has 0 aliphatic carbocycles. The van der Waals surface area contributed by atoms with Crippen molar-refractivity contribution < 1.29 is 35.2 Å². The Morgan fingerprint density at radius 1 is 0.773 bits per heavy atom. The van der Waals surface area contributed by atoms with Gasteiger partial charge in [-0.1, -0.05) is 0 Å². The Kier molecular flexibility index (Phi) is 6.72. The predicted molar refractivity (Wildman–Crippen MR) is 70.9 cm³/mol. The van der Waals surface area contributed by atoms with Gasteiger partial charge in [0.2, 0.25) is 5.82 Å². The van der Waals surface area contributed by atoms with Crippen molar-refractivity contribution >= 4 is 14.5 Å². The lowest BCUT2D eigenvalue weighted by atomic mass is 10.2. The van der Waals surface area contributed by atoms with Crippen LogP contribution in [0.4, 0.5) is 27.6 Å². The van der Waals surface area contributed by atoms with Crippen molar-refractivity contribution in [3.63, 3.8) is 0 Å². The van der Waals surface area contributed by atoms with Crippen LogP contribution in [0.1, 0.15) is 6.42 Å². The van der Waals surface area contributed by atoms with Crippen LogP contribution in [0.2, 0.25) is 6.04 Å². The molecule has 0 bridgehead atoms. The van der Waals surface area contributed by atoms with Crippen LogP contribution in [0.15, 0.2) is 0 Å². The molecule has 0 aliphatic rings. The standard InChI is InChI=1S/C12H16F5NO3Si/c1-19-22(20-2,21-3)6-4-5-18-12-10(16)8(14)7(13)9(15)11(12)17/h18H,4-6H2,1-3H3. The maximum atomic E-state index is 13.4. The van der Waals surface area contributed by atoms with Gasteiger partial charge in [-0.3, -0.25) is 0 Å². The Balaban J connectivity index is 2.74. The normalized spacial score (nSPS) is 11.8. The lowest BCUT2D eigenvalue weighted by Gasteiger charge is -2.24. The van der Waals surface area contributed by atoms with Gasteiger partial charge < -0.3 is 18.6 Å². The van der Waals surface area contributed by atoms with Crippen LogP contribution in [-0.4, -0.2) is 36.7 Å². The SMILES string of the molecule is CO[Si](CCCNc1c(F)c(F)c(F)c(F)c1F)(OC)OC. The van der Waals surface area contributed by atoms with Crippen molar-refractivity contribution in [1.82, 2.24) is 0 Å². The third-order valence-corrected chi connectivity index (χ3v) is 5.94. The molecule has 0 atom stereocenters. The van der Waals surface area contributed by atoms with Gasteiger partial charge in [-0.25, -0.2) is 22.0 Å². The molecule has 10 heteroatoms. The molecule has 0 amide bonds. The van der Waals surface area contributed by atoms with E-state index in [0.717, 1.165) is 0 Å². The Morgan fingerprint density at radius 3 is 1.59 bits per heavy atom. The van der Waals surface area contributed by atoms with E-state index in [1.54, 1.807) is 0 Å². The van der Waals surface area contributed by atoms with Crippen molar-refractivity contribution in [2.75, 3.05) is 33.2 Å². The fourth-order valence-electron chi connectivity index (χ4n) is 1.83. The maximum absolute atomic E-state index is 13.4. The van der Waals surface area contributed by atoms with Gasteiger partial charge in [0.05, 0.1) is 0 Å². The summed E-state index contributed by atoms with van der Waals surface area (Å²) >= 11 is 0. The van der Waals surface area contributed by atoms with Gasteiger partial charge in [-0.05, 0) is 6.42 Å². The first kappa shape index (κ1) is 18.8. The Hall–Kier alpha value is -1.23. The summed E-state index contributed by atoms with van der Waals surface area (Å²) in [7, 11) is 1.35. The second kappa shape index (κ2) is 7.86. The zero-order valence-corrected chi connectivity index (χ0v) is 13.2. The van der Waals surface area contributed by atoms with Crippen molar-refractivity contribution in [1.29, 1.82) is 0 Å². The predicted octanol–water partition coefficient (Wildman–Crippen LogP) is 3.06. The van der Waals surface area contributed by atoms with Crippen LogP contribution in [0.5, 0.6) is 0 Å². The molecular weight excluding hydrogens is 329 g/mol. The van der Waals surface area contributed by atoms with E-state index in [1.165, 1.54) is 21.3 Å². The summed E-state index contributed by atoms with van der Waals surface area (Å²) in [5, 5.41) is 2.19. The highest BCUT2D eigenvalue weighted by atomic mass is 28.4. The van der Waals surface area contributed by atoms with Crippen molar-refractivity contribution in [2.45, 2.75) is 12.5 Å². The largest absolute Gasteiger partial charge is 0.500 e. The van der Waals surface area contributed by atoms with Gasteiger partial charge in [0.15, 0.2) is 23.3 Å². The van der Waals surface area contributed by atoms with Gasteiger partial charge in [0, 0.05) is 33.9 Å². The third-order valence-electron chi connectivity index (χ3n) is 3.10. The van der Waals surface area contributed by atoms with E-state index in [0.29, 0.717) is 6.04 Å². The monoisotopic (exact) mass is 345 g/mol. The summed E-state index contributed by atoms with van der Waals surface area (Å²) in [6.45, 7) is -0.0524. The van der Waals surface area contributed by atoms with E-state index in [1.807, 2.05) is 0 Å². The third kappa shape index (κ3) is 3.75. The van der Waals surface area contributed by atoms with Gasteiger partial charge in [0.25, 0.3) is 0 Å². The number of hydrogen-bond donors (Lipinski definition) is 1. The van der Waals surface area contributed by atoms with Crippen molar-refractivity contribution in [3.05, 3.63) is 29.1 Å². The Morgan fingerprint density at radius 2 is 1.18 bits per heavy atom. The Labute approximate surface area is 125 Å². The van der Waals surface area contributed by atoms with E-state index in [4.69, 9.17) is 13.3 Å². The molecule has 0 heterocycles. The quantitative estimate of drug-likeness (QED) is 0.258. The average molecular weight is 345 g/mol. The fraction of sp³-hybridized carbons (Fsp3) is 0.500. The lowest BCUT2D eigenvalue weighted by molar-refractivity contribution is 0.123. The zero-order chi connectivity index (χ0) is 16.9. The smallest absolute Gasteiger partial charge is 0.380 e. The molecule has 0 unspecified atom stereocenters. The molecule has 0 aliphatic heterocycles. The summed E-state index contributed by atoms with van der Waals surface area (Å²) in [6, 6.07) is 0.304. The second-order valence-electron chi connectivity index (χ2n) is 4.27. The summed E-state index contributed by atoms with van der Waals surface area (Å²) in [5.74, 6) is -9.97. The van der Waals surface area contributed by atoms with E-state index in [9.17, 15) is 22.0 Å². The topological polar surface area (TPSA) is 39.7 Å². The first-order valence-electron chi connectivity index (χ1n) is 6.24. The average Bonchev–Trinajstić information content (AvgIpc) is 2.54. The molecule has 22 heavy (non-hydrogen) atoms. The van der Waals surface area contributed by atoms with Crippen molar-refractivity contribution in [2.24, 2.45) is 0 Å². The molecule has 1 aromatic carbocycles. The first-order chi connectivity index (χ1) is 10.3. The molecule has 1 N–H and O–H groups in total. The van der Waals surface area contributed by atoms with Crippen molar-refractivity contribution in [3.8, 4) is 0 Å². The number of halogens is 5. The van der Waals surface area contributed by atoms with Crippen LogP contribution >= 0.6 is 0 Å². The number of nitrogens with one attached hydrogen (secondary N) is 1. The molecule has 0 aromatic heterocycles. The van der Waals surface area contributed by atoms with Crippen LogP contribution in [0.3, 0.4) is 0 Å². The van der Waals surface area contributed by atoms with Gasteiger partial charge >= 0.3 is 8.80 Å². The minimum Gasteiger partial charge on any atom is -0.380 e. The van der Waals surface area contributed by atoms with Gasteiger partial charge in [-0.15, -0.1) is 0 Å². The van der Waals surface area contributed by atoms with Gasteiger partial charge in [0.1, 0.15) is 5.69 Å². The highest BCUT2D eigenvalue weighted by Crippen LogP contribution is 2.27. The summed E-state index contributed by atoms with van der Waals surface area (Å²) in [6.07, 6.45) is 0.279. The second-order valence-corrected chi connectivity index (χ2v) is 7.36. The highest BCUT2D eigenvalue weighted by Gasteiger charge is 2.37. The molecule has 4 nitrogen and oxygen atoms in total. The number of benzene rings is 1. The van der Waals surface area contributed by atoms with E-state index < -0.39 is 43.6 Å². The van der Waals surface area contributed by atoms with E-state index in [2.05, 4.69) is 5.32 Å². The highest BCUT2D eigenvalue weighted by molar-refractivity contribution is 6.60. The number of hydrogen-bond acceptors (Lipinski definition) is 4. The number of anilines is 1. The van der Waals surface area contributed by atoms with Crippen LogP contribution < -0.4 is 5.32 Å². The number of rotatable bonds is 8. The summed E-state index contributed by atoms with van der Waals surface area (Å²) in [4.78, 5) is 0. The van der Waals surface area contributed by atoms with E-state index in [-0.39, 0.29) is 13.0 Å². The Bertz CT molecular complexity index is 491. The fourth-order valence-corrected chi connectivity index (χ4v) is 3.56. The zero-order valence-electron chi connectivity index (χ0n) is 12.2.